The van der Waals surface area contributed by atoms with Crippen LogP contribution in [0.2, 0.25) is 0 Å². The summed E-state index contributed by atoms with van der Waals surface area (Å²) in [5, 5.41) is 12.5. The Kier molecular flexibility index (Phi) is 7.64. The van der Waals surface area contributed by atoms with E-state index in [4.69, 9.17) is 4.99 Å². The standard InChI is InChI=1S/C51H37N5/c1-4-15-34(16-5-1)36-19-14-20-39(31-36)50-52-49(35-17-6-2-7-18-35)53-51(54-50)56-46-26-13-11-24-42(46)44-33-38(28-30-48(44)56)37-27-29-47-43(32-37)41-23-10-12-25-45(41)55(47)40-21-8-3-9-22-40/h1-33,49-50,52H,(H,53,54). The lowest BCUT2D eigenvalue weighted by Crippen LogP contribution is -2.47. The summed E-state index contributed by atoms with van der Waals surface area (Å²) in [4.78, 5) is 5.38. The molecule has 0 radical (unpaired) electrons. The zero-order chi connectivity index (χ0) is 37.0. The van der Waals surface area contributed by atoms with Crippen LogP contribution in [0.1, 0.15) is 23.5 Å². The van der Waals surface area contributed by atoms with Crippen molar-refractivity contribution in [3.8, 4) is 27.9 Å². The Morgan fingerprint density at radius 2 is 0.875 bits per heavy atom. The second kappa shape index (κ2) is 13.3. The van der Waals surface area contributed by atoms with E-state index in [2.05, 4.69) is 220 Å². The van der Waals surface area contributed by atoms with Crippen molar-refractivity contribution in [1.82, 2.24) is 19.8 Å². The molecule has 56 heavy (non-hydrogen) atoms. The largest absolute Gasteiger partial charge is 0.336 e. The van der Waals surface area contributed by atoms with Crippen molar-refractivity contribution in [3.63, 3.8) is 0 Å². The third-order valence-corrected chi connectivity index (χ3v) is 11.2. The van der Waals surface area contributed by atoms with Crippen molar-refractivity contribution in [1.29, 1.82) is 0 Å². The van der Waals surface area contributed by atoms with Crippen molar-refractivity contribution in [2.24, 2.45) is 4.99 Å². The lowest BCUT2D eigenvalue weighted by Gasteiger charge is -2.32. The predicted octanol–water partition coefficient (Wildman–Crippen LogP) is 12.0. The number of hydrogen-bond donors (Lipinski definition) is 2. The predicted molar refractivity (Wildman–Crippen MR) is 232 cm³/mol. The fourth-order valence-corrected chi connectivity index (χ4v) is 8.55. The van der Waals surface area contributed by atoms with Gasteiger partial charge >= 0.3 is 0 Å². The molecule has 1 aliphatic heterocycles. The van der Waals surface area contributed by atoms with Crippen LogP contribution in [-0.2, 0) is 0 Å². The van der Waals surface area contributed by atoms with E-state index in [9.17, 15) is 0 Å². The number of fused-ring (bicyclic) bond motifs is 6. The lowest BCUT2D eigenvalue weighted by molar-refractivity contribution is 0.403. The first-order valence-corrected chi connectivity index (χ1v) is 19.2. The van der Waals surface area contributed by atoms with E-state index in [1.165, 1.54) is 54.8 Å². The number of hydrogen-bond acceptors (Lipinski definition) is 3. The number of benzene rings is 8. The Labute approximate surface area is 324 Å². The summed E-state index contributed by atoms with van der Waals surface area (Å²) in [7, 11) is 0. The molecule has 11 rings (SSSR count). The van der Waals surface area contributed by atoms with Gasteiger partial charge in [0.25, 0.3) is 0 Å². The Morgan fingerprint density at radius 1 is 0.375 bits per heavy atom. The third kappa shape index (κ3) is 5.40. The highest BCUT2D eigenvalue weighted by molar-refractivity contribution is 6.15. The Bertz CT molecular complexity index is 3090. The highest BCUT2D eigenvalue weighted by Gasteiger charge is 2.28. The fraction of sp³-hybridized carbons (Fsp3) is 0.0392. The van der Waals surface area contributed by atoms with Crippen LogP contribution in [0.5, 0.6) is 0 Å². The maximum atomic E-state index is 5.38. The zero-order valence-electron chi connectivity index (χ0n) is 30.5. The van der Waals surface area contributed by atoms with Gasteiger partial charge in [0.2, 0.25) is 5.96 Å². The molecule has 5 nitrogen and oxygen atoms in total. The molecule has 0 spiro atoms. The fourth-order valence-electron chi connectivity index (χ4n) is 8.55. The Balaban J connectivity index is 1.04. The quantitative estimate of drug-likeness (QED) is 0.186. The summed E-state index contributed by atoms with van der Waals surface area (Å²) < 4.78 is 4.67. The number of aliphatic imine (C=N–C) groups is 1. The highest BCUT2D eigenvalue weighted by Crippen LogP contribution is 2.38. The van der Waals surface area contributed by atoms with Crippen molar-refractivity contribution in [2.45, 2.75) is 12.3 Å². The molecule has 0 fully saturated rings. The molecule has 0 saturated heterocycles. The van der Waals surface area contributed by atoms with Crippen LogP contribution in [-0.4, -0.2) is 15.1 Å². The number of nitrogens with one attached hydrogen (secondary N) is 2. The van der Waals surface area contributed by atoms with E-state index < -0.39 is 0 Å². The van der Waals surface area contributed by atoms with Crippen LogP contribution in [0, 0.1) is 0 Å². The number of para-hydroxylation sites is 3. The molecule has 8 aromatic carbocycles. The molecule has 5 heteroatoms. The zero-order valence-corrected chi connectivity index (χ0v) is 30.5. The van der Waals surface area contributed by atoms with Crippen LogP contribution in [0.25, 0.3) is 71.6 Å². The summed E-state index contributed by atoms with van der Waals surface area (Å²) in [6.45, 7) is 0. The van der Waals surface area contributed by atoms with E-state index in [0.29, 0.717) is 0 Å². The van der Waals surface area contributed by atoms with Crippen molar-refractivity contribution in [2.75, 3.05) is 0 Å². The SMILES string of the molecule is c1ccc(-c2cccc(C3NC(n4c5ccccc5c5cc(-c6ccc7c(c6)c6ccccc6n7-c6ccccc6)ccc54)=NC(c4ccccc4)N3)c2)cc1. The summed E-state index contributed by atoms with van der Waals surface area (Å²) in [5.41, 5.74) is 12.8. The van der Waals surface area contributed by atoms with E-state index >= 15 is 0 Å². The van der Waals surface area contributed by atoms with Crippen LogP contribution >= 0.6 is 0 Å². The van der Waals surface area contributed by atoms with E-state index in [1.807, 2.05) is 0 Å². The smallest absolute Gasteiger partial charge is 0.206 e. The Morgan fingerprint density at radius 3 is 1.55 bits per heavy atom. The number of rotatable bonds is 5. The van der Waals surface area contributed by atoms with E-state index in [-0.39, 0.29) is 12.3 Å². The molecule has 2 atom stereocenters. The van der Waals surface area contributed by atoms with Gasteiger partial charge in [-0.05, 0) is 88.0 Å². The van der Waals surface area contributed by atoms with Gasteiger partial charge in [-0.25, -0.2) is 4.99 Å². The molecule has 10 aromatic rings. The van der Waals surface area contributed by atoms with Gasteiger partial charge in [0, 0.05) is 27.2 Å². The topological polar surface area (TPSA) is 46.3 Å². The average molecular weight is 720 g/mol. The third-order valence-electron chi connectivity index (χ3n) is 11.2. The summed E-state index contributed by atoms with van der Waals surface area (Å²) in [5.74, 6) is 0.807. The number of aromatic nitrogens is 2. The van der Waals surface area contributed by atoms with Crippen molar-refractivity contribution < 1.29 is 0 Å². The van der Waals surface area contributed by atoms with Crippen molar-refractivity contribution in [3.05, 3.63) is 211 Å². The molecule has 1 aliphatic rings. The second-order valence-corrected chi connectivity index (χ2v) is 14.5. The van der Waals surface area contributed by atoms with Crippen LogP contribution < -0.4 is 10.6 Å². The molecular formula is C51H37N5. The summed E-state index contributed by atoms with van der Waals surface area (Å²) >= 11 is 0. The molecule has 266 valence electrons. The van der Waals surface area contributed by atoms with Gasteiger partial charge in [-0.2, -0.15) is 0 Å². The minimum absolute atomic E-state index is 0.184. The maximum Gasteiger partial charge on any atom is 0.206 e. The molecule has 3 heterocycles. The molecule has 2 N–H and O–H groups in total. The minimum atomic E-state index is -0.252. The van der Waals surface area contributed by atoms with E-state index in [0.717, 1.165) is 33.8 Å². The van der Waals surface area contributed by atoms with Gasteiger partial charge in [0.05, 0.1) is 22.1 Å². The van der Waals surface area contributed by atoms with Crippen LogP contribution in [0.4, 0.5) is 0 Å². The molecule has 2 aromatic heterocycles. The van der Waals surface area contributed by atoms with Gasteiger partial charge in [0.15, 0.2) is 0 Å². The summed E-state index contributed by atoms with van der Waals surface area (Å²) in [6.07, 6.45) is -0.436. The van der Waals surface area contributed by atoms with Gasteiger partial charge in [-0.15, -0.1) is 0 Å². The molecule has 0 bridgehead atoms. The summed E-state index contributed by atoms with van der Waals surface area (Å²) in [6, 6.07) is 71.6. The highest BCUT2D eigenvalue weighted by atomic mass is 15.4. The first-order chi connectivity index (χ1) is 27.8. The normalized spacial score (nSPS) is 15.7. The molecule has 0 amide bonds. The van der Waals surface area contributed by atoms with Gasteiger partial charge in [0.1, 0.15) is 12.3 Å². The molecule has 2 unspecified atom stereocenters. The Hall–Kier alpha value is -7.21. The molecule has 0 aliphatic carbocycles. The van der Waals surface area contributed by atoms with Gasteiger partial charge < -0.3 is 9.88 Å². The van der Waals surface area contributed by atoms with Crippen LogP contribution in [0.15, 0.2) is 205 Å². The first-order valence-electron chi connectivity index (χ1n) is 19.2. The average Bonchev–Trinajstić information content (AvgIpc) is 3.79. The monoisotopic (exact) mass is 719 g/mol. The van der Waals surface area contributed by atoms with Crippen LogP contribution in [0.3, 0.4) is 0 Å². The number of nitrogens with zero attached hydrogens (tertiary/aromatic N) is 3. The maximum absolute atomic E-state index is 5.38. The lowest BCUT2D eigenvalue weighted by atomic mass is 10.0. The van der Waals surface area contributed by atoms with Crippen molar-refractivity contribution >= 4 is 49.6 Å². The van der Waals surface area contributed by atoms with Gasteiger partial charge in [-0.1, -0.05) is 146 Å². The molecular weight excluding hydrogens is 683 g/mol. The second-order valence-electron chi connectivity index (χ2n) is 14.5. The first kappa shape index (κ1) is 32.2. The van der Waals surface area contributed by atoms with Gasteiger partial charge in [-0.3, -0.25) is 9.88 Å². The minimum Gasteiger partial charge on any atom is -0.336 e. The van der Waals surface area contributed by atoms with E-state index in [1.54, 1.807) is 0 Å². The molecule has 0 saturated carbocycles.